The lowest BCUT2D eigenvalue weighted by molar-refractivity contribution is -0.129. The Morgan fingerprint density at radius 3 is 2.46 bits per heavy atom. The number of fused-ring (bicyclic) bond motifs is 1. The maximum atomic E-state index is 12.2. The van der Waals surface area contributed by atoms with E-state index in [9.17, 15) is 18.0 Å². The third-order valence-corrected chi connectivity index (χ3v) is 5.20. The van der Waals surface area contributed by atoms with Crippen molar-refractivity contribution in [2.45, 2.75) is 24.5 Å². The summed E-state index contributed by atoms with van der Waals surface area (Å²) in [4.78, 5) is 24.4. The summed E-state index contributed by atoms with van der Waals surface area (Å²) < 4.78 is 38.5. The molecule has 2 aromatic rings. The molecule has 0 bridgehead atoms. The maximum Gasteiger partial charge on any atom is 0.338 e. The molecule has 0 radical (unpaired) electrons. The van der Waals surface area contributed by atoms with Gasteiger partial charge in [-0.25, -0.2) is 13.2 Å². The third kappa shape index (κ3) is 4.61. The summed E-state index contributed by atoms with van der Waals surface area (Å²) in [5.74, 6) is 0.0904. The Bertz CT molecular complexity index is 999. The van der Waals surface area contributed by atoms with Gasteiger partial charge in [0.25, 0.3) is 5.91 Å². The van der Waals surface area contributed by atoms with Gasteiger partial charge in [0, 0.05) is 12.8 Å². The van der Waals surface area contributed by atoms with Crippen LogP contribution in [0.15, 0.2) is 47.4 Å². The van der Waals surface area contributed by atoms with Gasteiger partial charge in [-0.15, -0.1) is 0 Å². The summed E-state index contributed by atoms with van der Waals surface area (Å²) in [6.07, 6.45) is 0.0588. The van der Waals surface area contributed by atoms with Gasteiger partial charge in [0.15, 0.2) is 27.4 Å². The van der Waals surface area contributed by atoms with Crippen molar-refractivity contribution in [3.8, 4) is 11.5 Å². The van der Waals surface area contributed by atoms with Crippen LogP contribution in [0.4, 0.5) is 0 Å². The van der Waals surface area contributed by atoms with E-state index in [-0.39, 0.29) is 23.8 Å². The van der Waals surface area contributed by atoms with Crippen molar-refractivity contribution in [3.63, 3.8) is 0 Å². The van der Waals surface area contributed by atoms with Crippen LogP contribution in [0.5, 0.6) is 11.5 Å². The fourth-order valence-corrected chi connectivity index (χ4v) is 3.13. The third-order valence-electron chi connectivity index (χ3n) is 4.07. The summed E-state index contributed by atoms with van der Waals surface area (Å²) >= 11 is 0. The van der Waals surface area contributed by atoms with Crippen LogP contribution < -0.4 is 14.8 Å². The number of hydrogen-bond acceptors (Lipinski definition) is 7. The van der Waals surface area contributed by atoms with Crippen LogP contribution in [-0.4, -0.2) is 39.4 Å². The van der Waals surface area contributed by atoms with E-state index in [4.69, 9.17) is 14.2 Å². The molecule has 1 amide bonds. The summed E-state index contributed by atoms with van der Waals surface area (Å²) in [6.45, 7) is 1.86. The van der Waals surface area contributed by atoms with Crippen LogP contribution in [0.1, 0.15) is 22.8 Å². The number of rotatable bonds is 6. The Balaban J connectivity index is 1.54. The molecule has 0 fully saturated rings. The predicted octanol–water partition coefficient (Wildman–Crippen LogP) is 1.68. The van der Waals surface area contributed by atoms with E-state index in [1.54, 1.807) is 18.2 Å². The normalized spacial score (nSPS) is 13.6. The van der Waals surface area contributed by atoms with Crippen molar-refractivity contribution in [1.29, 1.82) is 0 Å². The van der Waals surface area contributed by atoms with Gasteiger partial charge in [-0.05, 0) is 48.9 Å². The Hall–Kier alpha value is -3.07. The highest BCUT2D eigenvalue weighted by Crippen LogP contribution is 2.32. The predicted molar refractivity (Wildman–Crippen MR) is 98.8 cm³/mol. The fourth-order valence-electron chi connectivity index (χ4n) is 2.50. The lowest BCUT2D eigenvalue weighted by atomic mass is 10.2. The van der Waals surface area contributed by atoms with E-state index >= 15 is 0 Å². The Kier molecular flexibility index (Phi) is 5.55. The highest BCUT2D eigenvalue weighted by atomic mass is 32.2. The minimum Gasteiger partial charge on any atom is -0.454 e. The second-order valence-electron chi connectivity index (χ2n) is 6.25. The standard InChI is InChI=1S/C19H19NO7S/c1-12(27-19(22)14-4-6-15(7-5-14)28(2,23)24)18(21)20-10-13-3-8-16-17(9-13)26-11-25-16/h3-9,12H,10-11H2,1-2H3,(H,20,21)/t12-/m0/s1. The Labute approximate surface area is 162 Å². The van der Waals surface area contributed by atoms with Crippen LogP contribution in [0, 0.1) is 0 Å². The Morgan fingerprint density at radius 1 is 1.11 bits per heavy atom. The average molecular weight is 405 g/mol. The first-order valence-electron chi connectivity index (χ1n) is 8.41. The molecule has 3 rings (SSSR count). The van der Waals surface area contributed by atoms with Gasteiger partial charge in [0.1, 0.15) is 0 Å². The van der Waals surface area contributed by atoms with Crippen LogP contribution in [0.25, 0.3) is 0 Å². The van der Waals surface area contributed by atoms with Crippen molar-refractivity contribution in [1.82, 2.24) is 5.32 Å². The first kappa shape index (κ1) is 19.7. The zero-order valence-electron chi connectivity index (χ0n) is 15.3. The van der Waals surface area contributed by atoms with E-state index in [1.807, 2.05) is 0 Å². The first-order valence-corrected chi connectivity index (χ1v) is 10.3. The second-order valence-corrected chi connectivity index (χ2v) is 8.27. The van der Waals surface area contributed by atoms with Gasteiger partial charge in [0.05, 0.1) is 10.5 Å². The molecule has 28 heavy (non-hydrogen) atoms. The molecule has 0 spiro atoms. The quantitative estimate of drug-likeness (QED) is 0.729. The molecule has 0 aliphatic carbocycles. The molecule has 0 unspecified atom stereocenters. The smallest absolute Gasteiger partial charge is 0.338 e. The van der Waals surface area contributed by atoms with Crippen molar-refractivity contribution < 1.29 is 32.2 Å². The van der Waals surface area contributed by atoms with E-state index in [0.29, 0.717) is 11.5 Å². The molecule has 1 aliphatic rings. The van der Waals surface area contributed by atoms with Crippen LogP contribution >= 0.6 is 0 Å². The van der Waals surface area contributed by atoms with E-state index in [2.05, 4.69) is 5.32 Å². The lowest BCUT2D eigenvalue weighted by Crippen LogP contribution is -2.35. The molecule has 1 heterocycles. The largest absolute Gasteiger partial charge is 0.454 e. The van der Waals surface area contributed by atoms with Gasteiger partial charge in [-0.2, -0.15) is 0 Å². The molecule has 1 atom stereocenters. The number of hydrogen-bond donors (Lipinski definition) is 1. The minimum atomic E-state index is -3.35. The zero-order valence-corrected chi connectivity index (χ0v) is 16.1. The van der Waals surface area contributed by atoms with Gasteiger partial charge in [-0.3, -0.25) is 4.79 Å². The number of carbonyl (C=O) groups is 2. The topological polar surface area (TPSA) is 108 Å². The number of carbonyl (C=O) groups excluding carboxylic acids is 2. The number of esters is 1. The van der Waals surface area contributed by atoms with Crippen LogP contribution in [0.3, 0.4) is 0 Å². The molecule has 8 nitrogen and oxygen atoms in total. The van der Waals surface area contributed by atoms with Crippen molar-refractivity contribution in [3.05, 3.63) is 53.6 Å². The summed E-state index contributed by atoms with van der Waals surface area (Å²) in [5.41, 5.74) is 0.968. The number of sulfone groups is 1. The molecular formula is C19H19NO7S. The molecule has 1 N–H and O–H groups in total. The second kappa shape index (κ2) is 7.89. The lowest BCUT2D eigenvalue weighted by Gasteiger charge is -2.14. The Morgan fingerprint density at radius 2 is 1.79 bits per heavy atom. The monoisotopic (exact) mass is 405 g/mol. The maximum absolute atomic E-state index is 12.2. The number of ether oxygens (including phenoxy) is 3. The molecular weight excluding hydrogens is 386 g/mol. The fraction of sp³-hybridized carbons (Fsp3) is 0.263. The van der Waals surface area contributed by atoms with Gasteiger partial charge >= 0.3 is 5.97 Å². The zero-order chi connectivity index (χ0) is 20.3. The van der Waals surface area contributed by atoms with Gasteiger partial charge in [-0.1, -0.05) is 6.07 Å². The summed E-state index contributed by atoms with van der Waals surface area (Å²) in [5, 5.41) is 2.68. The van der Waals surface area contributed by atoms with E-state index in [1.165, 1.54) is 31.2 Å². The molecule has 148 valence electrons. The van der Waals surface area contributed by atoms with Crippen molar-refractivity contribution in [2.24, 2.45) is 0 Å². The first-order chi connectivity index (χ1) is 13.2. The minimum absolute atomic E-state index is 0.0959. The summed E-state index contributed by atoms with van der Waals surface area (Å²) in [6, 6.07) is 10.6. The molecule has 2 aromatic carbocycles. The summed E-state index contributed by atoms with van der Waals surface area (Å²) in [7, 11) is -3.35. The number of amides is 1. The van der Waals surface area contributed by atoms with E-state index < -0.39 is 27.8 Å². The number of nitrogens with one attached hydrogen (secondary N) is 1. The van der Waals surface area contributed by atoms with Crippen molar-refractivity contribution in [2.75, 3.05) is 13.0 Å². The van der Waals surface area contributed by atoms with Crippen molar-refractivity contribution >= 4 is 21.7 Å². The van der Waals surface area contributed by atoms with Crippen LogP contribution in [-0.2, 0) is 25.9 Å². The molecule has 0 saturated heterocycles. The number of benzene rings is 2. The van der Waals surface area contributed by atoms with Gasteiger partial charge in [0.2, 0.25) is 6.79 Å². The molecule has 0 saturated carbocycles. The molecule has 9 heteroatoms. The van der Waals surface area contributed by atoms with Gasteiger partial charge < -0.3 is 19.5 Å². The van der Waals surface area contributed by atoms with E-state index in [0.717, 1.165) is 11.8 Å². The average Bonchev–Trinajstić information content (AvgIpc) is 3.13. The molecule has 0 aromatic heterocycles. The molecule has 1 aliphatic heterocycles. The highest BCUT2D eigenvalue weighted by Gasteiger charge is 2.20. The van der Waals surface area contributed by atoms with Crippen LogP contribution in [0.2, 0.25) is 0 Å². The highest BCUT2D eigenvalue weighted by molar-refractivity contribution is 7.90. The SMILES string of the molecule is C[C@H](OC(=O)c1ccc(S(C)(=O)=O)cc1)C(=O)NCc1ccc2c(c1)OCO2.